The lowest BCUT2D eigenvalue weighted by Gasteiger charge is -2.36. The number of rotatable bonds is 4. The van der Waals surface area contributed by atoms with Crippen LogP contribution in [0.3, 0.4) is 0 Å². The van der Waals surface area contributed by atoms with Gasteiger partial charge in [-0.3, -0.25) is 14.9 Å². The molecule has 0 aliphatic carbocycles. The SMILES string of the molecule is CCC(=O)N1CCN(c2ccc(NC(=S)NC(=O)c3ccc(C)cc3)cc2Cl)CC1. The summed E-state index contributed by atoms with van der Waals surface area (Å²) in [6.07, 6.45) is 0.529. The normalized spacial score (nSPS) is 13.7. The fourth-order valence-electron chi connectivity index (χ4n) is 3.30. The third-order valence-electron chi connectivity index (χ3n) is 5.02. The van der Waals surface area contributed by atoms with Gasteiger partial charge in [0.2, 0.25) is 5.91 Å². The van der Waals surface area contributed by atoms with E-state index in [0.717, 1.165) is 24.3 Å². The average molecular weight is 445 g/mol. The van der Waals surface area contributed by atoms with Crippen LogP contribution in [0.4, 0.5) is 11.4 Å². The number of aryl methyl sites for hydroxylation is 1. The van der Waals surface area contributed by atoms with E-state index in [2.05, 4.69) is 15.5 Å². The van der Waals surface area contributed by atoms with Crippen molar-refractivity contribution in [3.8, 4) is 0 Å². The molecule has 0 unspecified atom stereocenters. The van der Waals surface area contributed by atoms with Gasteiger partial charge in [0.25, 0.3) is 5.91 Å². The Kier molecular flexibility index (Phi) is 7.29. The molecule has 0 atom stereocenters. The summed E-state index contributed by atoms with van der Waals surface area (Å²) in [6.45, 7) is 6.71. The molecule has 1 heterocycles. The number of hydrogen-bond acceptors (Lipinski definition) is 4. The first-order chi connectivity index (χ1) is 14.4. The molecule has 2 aromatic rings. The van der Waals surface area contributed by atoms with Gasteiger partial charge in [-0.1, -0.05) is 36.2 Å². The zero-order valence-electron chi connectivity index (χ0n) is 17.1. The van der Waals surface area contributed by atoms with E-state index in [0.29, 0.717) is 35.8 Å². The molecule has 1 aliphatic heterocycles. The Morgan fingerprint density at radius 1 is 1.07 bits per heavy atom. The molecule has 1 aliphatic rings. The minimum absolute atomic E-state index is 0.182. The molecule has 2 aromatic carbocycles. The van der Waals surface area contributed by atoms with E-state index in [1.165, 1.54) is 0 Å². The van der Waals surface area contributed by atoms with Gasteiger partial charge in [0.1, 0.15) is 0 Å². The van der Waals surface area contributed by atoms with Gasteiger partial charge >= 0.3 is 0 Å². The lowest BCUT2D eigenvalue weighted by atomic mass is 10.1. The summed E-state index contributed by atoms with van der Waals surface area (Å²) >= 11 is 11.8. The molecular formula is C22H25ClN4O2S. The monoisotopic (exact) mass is 444 g/mol. The molecule has 30 heavy (non-hydrogen) atoms. The van der Waals surface area contributed by atoms with E-state index in [4.69, 9.17) is 23.8 Å². The Morgan fingerprint density at radius 3 is 2.33 bits per heavy atom. The van der Waals surface area contributed by atoms with Crippen LogP contribution in [-0.2, 0) is 4.79 Å². The van der Waals surface area contributed by atoms with Crippen molar-refractivity contribution in [3.05, 3.63) is 58.6 Å². The summed E-state index contributed by atoms with van der Waals surface area (Å²) in [5.41, 5.74) is 3.23. The Hall–Kier alpha value is -2.64. The van der Waals surface area contributed by atoms with Gasteiger partial charge in [-0.25, -0.2) is 0 Å². The molecular weight excluding hydrogens is 420 g/mol. The molecule has 0 aromatic heterocycles. The average Bonchev–Trinajstić information content (AvgIpc) is 2.74. The van der Waals surface area contributed by atoms with Crippen molar-refractivity contribution in [2.45, 2.75) is 20.3 Å². The second-order valence-electron chi connectivity index (χ2n) is 7.16. The summed E-state index contributed by atoms with van der Waals surface area (Å²) < 4.78 is 0. The van der Waals surface area contributed by atoms with Crippen LogP contribution in [0.1, 0.15) is 29.3 Å². The molecule has 158 valence electrons. The molecule has 2 N–H and O–H groups in total. The second-order valence-corrected chi connectivity index (χ2v) is 7.98. The fraction of sp³-hybridized carbons (Fsp3) is 0.318. The molecule has 0 saturated carbocycles. The van der Waals surface area contributed by atoms with E-state index in [1.807, 2.05) is 43.0 Å². The summed E-state index contributed by atoms with van der Waals surface area (Å²) in [7, 11) is 0. The first-order valence-corrected chi connectivity index (χ1v) is 10.7. The largest absolute Gasteiger partial charge is 0.367 e. The molecule has 0 radical (unpaired) electrons. The number of amides is 2. The molecule has 3 rings (SSSR count). The van der Waals surface area contributed by atoms with Gasteiger partial charge in [-0.05, 0) is 49.5 Å². The van der Waals surface area contributed by atoms with Crippen LogP contribution < -0.4 is 15.5 Å². The number of thiocarbonyl (C=S) groups is 1. The van der Waals surface area contributed by atoms with Gasteiger partial charge in [-0.2, -0.15) is 0 Å². The van der Waals surface area contributed by atoms with E-state index in [9.17, 15) is 9.59 Å². The number of carbonyl (C=O) groups is 2. The Morgan fingerprint density at radius 2 is 1.73 bits per heavy atom. The highest BCUT2D eigenvalue weighted by Crippen LogP contribution is 2.29. The number of benzene rings is 2. The highest BCUT2D eigenvalue weighted by Gasteiger charge is 2.21. The standard InChI is InChI=1S/C22H25ClN4O2S/c1-3-20(28)27-12-10-26(11-13-27)19-9-8-17(14-18(19)23)24-22(30)25-21(29)16-6-4-15(2)5-7-16/h4-9,14H,3,10-13H2,1-2H3,(H2,24,25,29,30). The summed E-state index contributed by atoms with van der Waals surface area (Å²) in [6, 6.07) is 12.8. The van der Waals surface area contributed by atoms with Gasteiger partial charge in [0, 0.05) is 43.9 Å². The Balaban J connectivity index is 1.57. The van der Waals surface area contributed by atoms with Crippen molar-refractivity contribution < 1.29 is 9.59 Å². The zero-order chi connectivity index (χ0) is 21.7. The topological polar surface area (TPSA) is 64.7 Å². The van der Waals surface area contributed by atoms with Crippen molar-refractivity contribution in [1.82, 2.24) is 10.2 Å². The predicted octanol–water partition coefficient (Wildman–Crippen LogP) is 3.83. The highest BCUT2D eigenvalue weighted by atomic mass is 35.5. The van der Waals surface area contributed by atoms with Gasteiger partial charge in [0.15, 0.2) is 5.11 Å². The molecule has 1 saturated heterocycles. The highest BCUT2D eigenvalue weighted by molar-refractivity contribution is 7.80. The Bertz CT molecular complexity index is 941. The van der Waals surface area contributed by atoms with Crippen molar-refractivity contribution in [1.29, 1.82) is 0 Å². The van der Waals surface area contributed by atoms with Gasteiger partial charge in [-0.15, -0.1) is 0 Å². The summed E-state index contributed by atoms with van der Waals surface area (Å²) in [4.78, 5) is 28.2. The van der Waals surface area contributed by atoms with Crippen molar-refractivity contribution in [2.75, 3.05) is 36.4 Å². The van der Waals surface area contributed by atoms with Crippen LogP contribution in [0.2, 0.25) is 5.02 Å². The van der Waals surface area contributed by atoms with Crippen LogP contribution in [0.25, 0.3) is 0 Å². The lowest BCUT2D eigenvalue weighted by Crippen LogP contribution is -2.48. The van der Waals surface area contributed by atoms with Crippen molar-refractivity contribution in [3.63, 3.8) is 0 Å². The van der Waals surface area contributed by atoms with E-state index >= 15 is 0 Å². The van der Waals surface area contributed by atoms with Crippen LogP contribution in [0.15, 0.2) is 42.5 Å². The predicted molar refractivity (Wildman–Crippen MR) is 125 cm³/mol. The molecule has 2 amide bonds. The number of halogens is 1. The lowest BCUT2D eigenvalue weighted by molar-refractivity contribution is -0.131. The maximum absolute atomic E-state index is 12.3. The quantitative estimate of drug-likeness (QED) is 0.701. The molecule has 1 fully saturated rings. The molecule has 0 bridgehead atoms. The third-order valence-corrected chi connectivity index (χ3v) is 5.53. The molecule has 8 heteroatoms. The minimum atomic E-state index is -0.269. The zero-order valence-corrected chi connectivity index (χ0v) is 18.6. The number of nitrogens with one attached hydrogen (secondary N) is 2. The van der Waals surface area contributed by atoms with Crippen molar-refractivity contribution >= 4 is 52.1 Å². The van der Waals surface area contributed by atoms with Crippen LogP contribution in [0, 0.1) is 6.92 Å². The summed E-state index contributed by atoms with van der Waals surface area (Å²) in [5.74, 6) is -0.0868. The second kappa shape index (κ2) is 9.91. The van der Waals surface area contributed by atoms with E-state index in [-0.39, 0.29) is 16.9 Å². The number of carbonyl (C=O) groups excluding carboxylic acids is 2. The minimum Gasteiger partial charge on any atom is -0.367 e. The van der Waals surface area contributed by atoms with Gasteiger partial charge < -0.3 is 15.1 Å². The number of nitrogens with zero attached hydrogens (tertiary/aromatic N) is 2. The Labute approximate surface area is 187 Å². The number of anilines is 2. The van der Waals surface area contributed by atoms with E-state index in [1.54, 1.807) is 18.2 Å². The van der Waals surface area contributed by atoms with Crippen molar-refractivity contribution in [2.24, 2.45) is 0 Å². The first-order valence-electron chi connectivity index (χ1n) is 9.88. The van der Waals surface area contributed by atoms with E-state index < -0.39 is 0 Å². The number of hydrogen-bond donors (Lipinski definition) is 2. The maximum Gasteiger partial charge on any atom is 0.257 e. The number of piperazine rings is 1. The molecule has 0 spiro atoms. The first kappa shape index (κ1) is 22.1. The fourth-order valence-corrected chi connectivity index (χ4v) is 3.81. The summed E-state index contributed by atoms with van der Waals surface area (Å²) in [5, 5.41) is 6.46. The maximum atomic E-state index is 12.3. The van der Waals surface area contributed by atoms with Crippen LogP contribution in [-0.4, -0.2) is 48.0 Å². The third kappa shape index (κ3) is 5.49. The molecule has 6 nitrogen and oxygen atoms in total. The van der Waals surface area contributed by atoms with Crippen LogP contribution in [0.5, 0.6) is 0 Å². The van der Waals surface area contributed by atoms with Crippen LogP contribution >= 0.6 is 23.8 Å². The van der Waals surface area contributed by atoms with Gasteiger partial charge in [0.05, 0.1) is 10.7 Å². The smallest absolute Gasteiger partial charge is 0.257 e.